The first kappa shape index (κ1) is 15.7. The summed E-state index contributed by atoms with van der Waals surface area (Å²) in [4.78, 5) is 0. The van der Waals surface area contributed by atoms with Gasteiger partial charge in [-0.1, -0.05) is 48.5 Å². The smallest absolute Gasteiger partial charge is 0.237 e. The molecule has 0 saturated carbocycles. The number of hydrogen-bond acceptors (Lipinski definition) is 2. The van der Waals surface area contributed by atoms with E-state index in [0.717, 1.165) is 30.9 Å². The molecule has 4 rings (SSSR count). The molecule has 5 heteroatoms. The molecule has 0 saturated heterocycles. The number of aromatic nitrogens is 1. The summed E-state index contributed by atoms with van der Waals surface area (Å²) >= 11 is 2.25. The third kappa shape index (κ3) is 2.61. The molecular formula is C19H14INO2S. The zero-order valence-electron chi connectivity index (χ0n) is 12.7. The van der Waals surface area contributed by atoms with Crippen molar-refractivity contribution in [2.24, 2.45) is 0 Å². The van der Waals surface area contributed by atoms with E-state index < -0.39 is 10.0 Å². The van der Waals surface area contributed by atoms with E-state index in [4.69, 9.17) is 0 Å². The van der Waals surface area contributed by atoms with Crippen LogP contribution in [0.1, 0.15) is 5.56 Å². The van der Waals surface area contributed by atoms with Crippen molar-refractivity contribution in [3.63, 3.8) is 0 Å². The molecule has 0 aliphatic rings. The Labute approximate surface area is 154 Å². The summed E-state index contributed by atoms with van der Waals surface area (Å²) in [7, 11) is -3.52. The Balaban J connectivity index is 2.01. The molecule has 0 unspecified atom stereocenters. The molecule has 0 spiro atoms. The average Bonchev–Trinajstić information content (AvgIpc) is 2.90. The van der Waals surface area contributed by atoms with Crippen LogP contribution >= 0.6 is 22.6 Å². The molecule has 0 aliphatic carbocycles. The first-order chi connectivity index (χ1) is 11.6. The Morgan fingerprint density at radius 3 is 2.25 bits per heavy atom. The summed E-state index contributed by atoms with van der Waals surface area (Å²) in [5.74, 6) is -0.0202. The Kier molecular flexibility index (Phi) is 3.85. The van der Waals surface area contributed by atoms with Gasteiger partial charge in [-0.2, -0.15) is 0 Å². The fourth-order valence-electron chi connectivity index (χ4n) is 3.06. The van der Waals surface area contributed by atoms with E-state index in [0.29, 0.717) is 0 Å². The minimum Gasteiger partial charge on any atom is -0.237 e. The summed E-state index contributed by atoms with van der Waals surface area (Å²) in [6.07, 6.45) is 0. The van der Waals surface area contributed by atoms with Crippen molar-refractivity contribution >= 4 is 54.4 Å². The Bertz CT molecular complexity index is 1150. The number of fused-ring (bicyclic) bond motifs is 3. The van der Waals surface area contributed by atoms with E-state index in [2.05, 4.69) is 22.6 Å². The maximum Gasteiger partial charge on any atom is 0.243 e. The third-order valence-electron chi connectivity index (χ3n) is 4.06. The highest BCUT2D eigenvalue weighted by Gasteiger charge is 2.21. The standard InChI is InChI=1S/C19H14INO2S/c20-15-10-11-19-17(12-15)16-8-4-5-9-18(16)21(19)24(22,23)13-14-6-2-1-3-7-14/h1-12H,13H2. The first-order valence-electron chi connectivity index (χ1n) is 7.52. The van der Waals surface area contributed by atoms with Gasteiger partial charge in [0.2, 0.25) is 10.0 Å². The van der Waals surface area contributed by atoms with Crippen LogP contribution in [0.15, 0.2) is 72.8 Å². The zero-order chi connectivity index (χ0) is 16.7. The number of rotatable bonds is 3. The van der Waals surface area contributed by atoms with Crippen molar-refractivity contribution in [1.82, 2.24) is 3.97 Å². The normalized spacial score (nSPS) is 12.0. The van der Waals surface area contributed by atoms with Crippen LogP contribution in [0.5, 0.6) is 0 Å². The van der Waals surface area contributed by atoms with Gasteiger partial charge in [0, 0.05) is 14.3 Å². The molecule has 0 fully saturated rings. The van der Waals surface area contributed by atoms with Gasteiger partial charge in [0.15, 0.2) is 0 Å². The molecule has 1 heterocycles. The highest BCUT2D eigenvalue weighted by atomic mass is 127. The fraction of sp³-hybridized carbons (Fsp3) is 0.0526. The van der Waals surface area contributed by atoms with Gasteiger partial charge >= 0.3 is 0 Å². The highest BCUT2D eigenvalue weighted by molar-refractivity contribution is 14.1. The van der Waals surface area contributed by atoms with Gasteiger partial charge in [-0.05, 0) is 52.4 Å². The molecular weight excluding hydrogens is 433 g/mol. The molecule has 1 aromatic heterocycles. The number of halogens is 1. The molecule has 120 valence electrons. The molecule has 24 heavy (non-hydrogen) atoms. The predicted molar refractivity (Wildman–Crippen MR) is 107 cm³/mol. The molecule has 3 aromatic carbocycles. The quantitative estimate of drug-likeness (QED) is 0.425. The van der Waals surface area contributed by atoms with E-state index in [1.54, 1.807) is 0 Å². The van der Waals surface area contributed by atoms with Crippen LogP contribution in [0.2, 0.25) is 0 Å². The lowest BCUT2D eigenvalue weighted by atomic mass is 10.2. The largest absolute Gasteiger partial charge is 0.243 e. The minimum atomic E-state index is -3.52. The summed E-state index contributed by atoms with van der Waals surface area (Å²) in [6.45, 7) is 0. The van der Waals surface area contributed by atoms with Crippen molar-refractivity contribution in [2.45, 2.75) is 5.75 Å². The van der Waals surface area contributed by atoms with Crippen LogP contribution in [-0.4, -0.2) is 12.4 Å². The lowest BCUT2D eigenvalue weighted by Gasteiger charge is -2.09. The highest BCUT2D eigenvalue weighted by Crippen LogP contribution is 2.32. The SMILES string of the molecule is O=S(=O)(Cc1ccccc1)n1c2ccccc2c2cc(I)ccc21. The van der Waals surface area contributed by atoms with Crippen molar-refractivity contribution in [2.75, 3.05) is 0 Å². The zero-order valence-corrected chi connectivity index (χ0v) is 15.7. The van der Waals surface area contributed by atoms with E-state index >= 15 is 0 Å². The van der Waals surface area contributed by atoms with E-state index in [1.165, 1.54) is 3.97 Å². The summed E-state index contributed by atoms with van der Waals surface area (Å²) in [6, 6.07) is 22.8. The maximum atomic E-state index is 13.1. The monoisotopic (exact) mass is 447 g/mol. The second-order valence-corrected chi connectivity index (χ2v) is 8.75. The Morgan fingerprint density at radius 2 is 1.46 bits per heavy atom. The van der Waals surface area contributed by atoms with Gasteiger partial charge in [0.05, 0.1) is 16.8 Å². The molecule has 0 atom stereocenters. The number of hydrogen-bond donors (Lipinski definition) is 0. The number of nitrogens with zero attached hydrogens (tertiary/aromatic N) is 1. The molecule has 0 N–H and O–H groups in total. The van der Waals surface area contributed by atoms with Crippen LogP contribution in [0.4, 0.5) is 0 Å². The van der Waals surface area contributed by atoms with Crippen molar-refractivity contribution in [3.05, 3.63) is 81.9 Å². The average molecular weight is 447 g/mol. The van der Waals surface area contributed by atoms with Gasteiger partial charge < -0.3 is 0 Å². The fourth-order valence-corrected chi connectivity index (χ4v) is 5.21. The van der Waals surface area contributed by atoms with Crippen LogP contribution in [-0.2, 0) is 15.8 Å². The van der Waals surface area contributed by atoms with Gasteiger partial charge in [0.1, 0.15) is 0 Å². The van der Waals surface area contributed by atoms with Crippen LogP contribution in [0.3, 0.4) is 0 Å². The van der Waals surface area contributed by atoms with Crippen LogP contribution in [0.25, 0.3) is 21.8 Å². The molecule has 0 aliphatic heterocycles. The first-order valence-corrected chi connectivity index (χ1v) is 10.2. The summed E-state index contributed by atoms with van der Waals surface area (Å²) in [5.41, 5.74) is 2.24. The van der Waals surface area contributed by atoms with Crippen LogP contribution < -0.4 is 0 Å². The summed E-state index contributed by atoms with van der Waals surface area (Å²) in [5, 5.41) is 1.93. The topological polar surface area (TPSA) is 39.1 Å². The van der Waals surface area contributed by atoms with Gasteiger partial charge in [0.25, 0.3) is 0 Å². The Morgan fingerprint density at radius 1 is 0.792 bits per heavy atom. The van der Waals surface area contributed by atoms with Crippen molar-refractivity contribution in [1.29, 1.82) is 0 Å². The van der Waals surface area contributed by atoms with Crippen LogP contribution in [0, 0.1) is 3.57 Å². The Hall–Kier alpha value is -1.86. The third-order valence-corrected chi connectivity index (χ3v) is 6.38. The van der Waals surface area contributed by atoms with Crippen molar-refractivity contribution in [3.8, 4) is 0 Å². The minimum absolute atomic E-state index is 0.0202. The summed E-state index contributed by atoms with van der Waals surface area (Å²) < 4.78 is 28.8. The van der Waals surface area contributed by atoms with E-state index in [1.807, 2.05) is 72.8 Å². The lowest BCUT2D eigenvalue weighted by molar-refractivity contribution is 0.589. The molecule has 0 radical (unpaired) electrons. The van der Waals surface area contributed by atoms with E-state index in [-0.39, 0.29) is 5.75 Å². The van der Waals surface area contributed by atoms with Gasteiger partial charge in [-0.15, -0.1) is 0 Å². The second-order valence-electron chi connectivity index (χ2n) is 5.68. The molecule has 0 amide bonds. The molecule has 0 bridgehead atoms. The predicted octanol–water partition coefficient (Wildman–Crippen LogP) is 4.78. The number of para-hydroxylation sites is 1. The molecule has 3 nitrogen and oxygen atoms in total. The van der Waals surface area contributed by atoms with Crippen molar-refractivity contribution < 1.29 is 8.42 Å². The second kappa shape index (κ2) is 5.89. The van der Waals surface area contributed by atoms with Gasteiger partial charge in [-0.25, -0.2) is 12.4 Å². The molecule has 4 aromatic rings. The lowest BCUT2D eigenvalue weighted by Crippen LogP contribution is -2.14. The van der Waals surface area contributed by atoms with Gasteiger partial charge in [-0.3, -0.25) is 0 Å². The number of benzene rings is 3. The van der Waals surface area contributed by atoms with E-state index in [9.17, 15) is 8.42 Å². The maximum absolute atomic E-state index is 13.1.